The van der Waals surface area contributed by atoms with Gasteiger partial charge in [0.05, 0.1) is 17.5 Å². The summed E-state index contributed by atoms with van der Waals surface area (Å²) in [6, 6.07) is 12.0. The second kappa shape index (κ2) is 6.11. The van der Waals surface area contributed by atoms with Gasteiger partial charge in [-0.05, 0) is 72.6 Å². The first-order chi connectivity index (χ1) is 14.5. The molecule has 5 nitrogen and oxygen atoms in total. The van der Waals surface area contributed by atoms with E-state index < -0.39 is 0 Å². The Morgan fingerprint density at radius 3 is 2.20 bits per heavy atom. The minimum absolute atomic E-state index is 0.147. The van der Waals surface area contributed by atoms with E-state index in [1.807, 2.05) is 0 Å². The Balaban J connectivity index is 1.28. The van der Waals surface area contributed by atoms with Crippen molar-refractivity contribution in [2.24, 2.45) is 35.5 Å². The van der Waals surface area contributed by atoms with Gasteiger partial charge in [0.25, 0.3) is 5.91 Å². The van der Waals surface area contributed by atoms with Crippen molar-refractivity contribution in [3.63, 3.8) is 0 Å². The third kappa shape index (κ3) is 2.43. The third-order valence-corrected chi connectivity index (χ3v) is 7.13. The van der Waals surface area contributed by atoms with Gasteiger partial charge in [0.15, 0.2) is 0 Å². The molecule has 4 aliphatic carbocycles. The summed E-state index contributed by atoms with van der Waals surface area (Å²) in [5.74, 6) is -0.187. The van der Waals surface area contributed by atoms with E-state index in [9.17, 15) is 18.8 Å². The lowest BCUT2D eigenvalue weighted by Crippen LogP contribution is -2.40. The molecule has 1 aliphatic heterocycles. The van der Waals surface area contributed by atoms with E-state index in [0.29, 0.717) is 28.8 Å². The van der Waals surface area contributed by atoms with E-state index >= 15 is 0 Å². The zero-order valence-corrected chi connectivity index (χ0v) is 16.0. The lowest BCUT2D eigenvalue weighted by atomic mass is 9.63. The van der Waals surface area contributed by atoms with E-state index in [2.05, 4.69) is 17.5 Å². The van der Waals surface area contributed by atoms with Crippen LogP contribution in [0.1, 0.15) is 16.8 Å². The Labute approximate surface area is 172 Å². The minimum atomic E-state index is -0.386. The molecule has 2 bridgehead atoms. The maximum atomic E-state index is 13.2. The minimum Gasteiger partial charge on any atom is -0.322 e. The first kappa shape index (κ1) is 17.6. The Hall–Kier alpha value is -3.28. The molecule has 0 spiro atoms. The summed E-state index contributed by atoms with van der Waals surface area (Å²) in [7, 11) is 0. The number of rotatable bonds is 3. The summed E-state index contributed by atoms with van der Waals surface area (Å²) in [5, 5.41) is 2.71. The normalized spacial score (nSPS) is 32.8. The lowest BCUT2D eigenvalue weighted by molar-refractivity contribution is -0.124. The lowest BCUT2D eigenvalue weighted by Gasteiger charge is -2.37. The number of benzene rings is 2. The van der Waals surface area contributed by atoms with Crippen molar-refractivity contribution in [1.29, 1.82) is 0 Å². The van der Waals surface area contributed by atoms with Crippen LogP contribution in [0.5, 0.6) is 0 Å². The van der Waals surface area contributed by atoms with Crippen LogP contribution < -0.4 is 10.2 Å². The van der Waals surface area contributed by atoms with Gasteiger partial charge in [0, 0.05) is 11.3 Å². The van der Waals surface area contributed by atoms with Crippen molar-refractivity contribution in [3.05, 3.63) is 72.1 Å². The molecule has 2 saturated carbocycles. The number of carbonyl (C=O) groups excluding carboxylic acids is 3. The number of hydrogen-bond donors (Lipinski definition) is 1. The molecule has 5 aliphatic rings. The molecule has 1 saturated heterocycles. The van der Waals surface area contributed by atoms with E-state index in [0.717, 1.165) is 6.42 Å². The summed E-state index contributed by atoms with van der Waals surface area (Å²) >= 11 is 0. The quantitative estimate of drug-likeness (QED) is 0.630. The van der Waals surface area contributed by atoms with Gasteiger partial charge < -0.3 is 5.32 Å². The van der Waals surface area contributed by atoms with Crippen LogP contribution in [-0.2, 0) is 9.59 Å². The van der Waals surface area contributed by atoms with Gasteiger partial charge in [0.2, 0.25) is 11.8 Å². The number of nitrogens with zero attached hydrogens (tertiary/aromatic N) is 1. The number of carbonyl (C=O) groups is 3. The monoisotopic (exact) mass is 402 g/mol. The Morgan fingerprint density at radius 1 is 0.933 bits per heavy atom. The molecule has 1 heterocycles. The van der Waals surface area contributed by atoms with Crippen LogP contribution in [0.4, 0.5) is 15.8 Å². The summed E-state index contributed by atoms with van der Waals surface area (Å²) in [4.78, 5) is 40.4. The van der Waals surface area contributed by atoms with Crippen LogP contribution >= 0.6 is 0 Å². The van der Waals surface area contributed by atoms with E-state index in [4.69, 9.17) is 0 Å². The fourth-order valence-electron chi connectivity index (χ4n) is 5.73. The molecule has 150 valence electrons. The van der Waals surface area contributed by atoms with Crippen molar-refractivity contribution in [3.8, 4) is 0 Å². The molecule has 1 N–H and O–H groups in total. The molecule has 0 radical (unpaired) electrons. The molecule has 2 aromatic rings. The number of amides is 3. The van der Waals surface area contributed by atoms with Crippen molar-refractivity contribution in [2.45, 2.75) is 6.42 Å². The molecule has 0 unspecified atom stereocenters. The van der Waals surface area contributed by atoms with Crippen LogP contribution in [0, 0.1) is 41.3 Å². The highest BCUT2D eigenvalue weighted by atomic mass is 19.1. The number of hydrogen-bond acceptors (Lipinski definition) is 3. The number of anilines is 2. The largest absolute Gasteiger partial charge is 0.322 e. The van der Waals surface area contributed by atoms with E-state index in [1.54, 1.807) is 24.3 Å². The molecule has 3 amide bonds. The first-order valence-corrected chi connectivity index (χ1v) is 10.3. The Kier molecular flexibility index (Phi) is 3.58. The highest BCUT2D eigenvalue weighted by molar-refractivity contribution is 6.23. The average Bonchev–Trinajstić information content (AvgIpc) is 3.53. The SMILES string of the molecule is O=C(Nc1ccc(F)cc1)c1cccc(N2C(=O)[C@@H]3[C@@H]4C=C[C@H]([C@H]5C[C@H]45)[C@@H]3C2=O)c1. The summed E-state index contributed by atoms with van der Waals surface area (Å²) < 4.78 is 13.1. The van der Waals surface area contributed by atoms with Gasteiger partial charge >= 0.3 is 0 Å². The molecule has 6 heteroatoms. The van der Waals surface area contributed by atoms with Crippen molar-refractivity contribution < 1.29 is 18.8 Å². The zero-order valence-electron chi connectivity index (χ0n) is 16.0. The smallest absolute Gasteiger partial charge is 0.255 e. The van der Waals surface area contributed by atoms with Crippen LogP contribution in [0.3, 0.4) is 0 Å². The molecule has 7 rings (SSSR count). The van der Waals surface area contributed by atoms with Gasteiger partial charge in [-0.2, -0.15) is 0 Å². The molecule has 6 atom stereocenters. The Morgan fingerprint density at radius 2 is 1.57 bits per heavy atom. The molecule has 30 heavy (non-hydrogen) atoms. The molecule has 0 aromatic heterocycles. The fourth-order valence-corrected chi connectivity index (χ4v) is 5.73. The molecule has 3 fully saturated rings. The van der Waals surface area contributed by atoms with Crippen LogP contribution in [0.2, 0.25) is 0 Å². The topological polar surface area (TPSA) is 66.5 Å². The summed E-state index contributed by atoms with van der Waals surface area (Å²) in [6.07, 6.45) is 5.40. The summed E-state index contributed by atoms with van der Waals surface area (Å²) in [5.41, 5.74) is 1.23. The van der Waals surface area contributed by atoms with Crippen molar-refractivity contribution in [1.82, 2.24) is 0 Å². The maximum Gasteiger partial charge on any atom is 0.255 e. The van der Waals surface area contributed by atoms with Gasteiger partial charge in [-0.3, -0.25) is 14.4 Å². The predicted molar refractivity (Wildman–Crippen MR) is 108 cm³/mol. The van der Waals surface area contributed by atoms with Crippen LogP contribution in [-0.4, -0.2) is 17.7 Å². The van der Waals surface area contributed by atoms with Crippen molar-refractivity contribution in [2.75, 3.05) is 10.2 Å². The second-order valence-electron chi connectivity index (χ2n) is 8.68. The van der Waals surface area contributed by atoms with Crippen LogP contribution in [0.25, 0.3) is 0 Å². The van der Waals surface area contributed by atoms with Crippen molar-refractivity contribution >= 4 is 29.1 Å². The highest BCUT2D eigenvalue weighted by Gasteiger charge is 2.67. The van der Waals surface area contributed by atoms with Gasteiger partial charge in [-0.25, -0.2) is 9.29 Å². The van der Waals surface area contributed by atoms with E-state index in [1.165, 1.54) is 29.2 Å². The molecular formula is C24H19FN2O3. The number of allylic oxidation sites excluding steroid dienone is 2. The number of imide groups is 1. The van der Waals surface area contributed by atoms with Gasteiger partial charge in [-0.1, -0.05) is 18.2 Å². The first-order valence-electron chi connectivity index (χ1n) is 10.3. The maximum absolute atomic E-state index is 13.2. The summed E-state index contributed by atoms with van der Waals surface area (Å²) in [6.45, 7) is 0. The highest BCUT2D eigenvalue weighted by Crippen LogP contribution is 2.65. The Bertz CT molecular complexity index is 1090. The van der Waals surface area contributed by atoms with Gasteiger partial charge in [0.1, 0.15) is 5.82 Å². The zero-order chi connectivity index (χ0) is 20.6. The number of nitrogens with one attached hydrogen (secondary N) is 1. The average molecular weight is 402 g/mol. The standard InChI is InChI=1S/C24H19FN2O3/c25-13-4-6-14(7-5-13)26-22(28)12-2-1-3-15(10-12)27-23(29)20-16-8-9-17(19-11-18(16)19)21(20)24(27)30/h1-10,16-21H,11H2,(H,26,28)/t16-,17-,18-,19-,20-,21+/m1/s1. The molecular weight excluding hydrogens is 383 g/mol. The molecule has 2 aromatic carbocycles. The fraction of sp³-hybridized carbons (Fsp3) is 0.292. The van der Waals surface area contributed by atoms with E-state index in [-0.39, 0.29) is 47.2 Å². The van der Waals surface area contributed by atoms with Gasteiger partial charge in [-0.15, -0.1) is 0 Å². The third-order valence-electron chi connectivity index (χ3n) is 7.13. The number of halogens is 1. The predicted octanol–water partition coefficient (Wildman–Crippen LogP) is 3.64. The second-order valence-corrected chi connectivity index (χ2v) is 8.68. The van der Waals surface area contributed by atoms with Crippen LogP contribution in [0.15, 0.2) is 60.7 Å².